The second kappa shape index (κ2) is 6.15. The standard InChI is InChI=1S/C13H9F4N3O3/c1-6-3-4-18-10(9(6)14)7-5-8(22-2)20-12(19-7)23-11(21)13(15,16)17/h3-5H,1-2H3. The number of carbonyl (C=O) groups is 1. The van der Waals surface area contributed by atoms with Gasteiger partial charge in [0.05, 0.1) is 7.11 Å². The summed E-state index contributed by atoms with van der Waals surface area (Å²) in [7, 11) is 1.18. The van der Waals surface area contributed by atoms with Crippen LogP contribution >= 0.6 is 0 Å². The van der Waals surface area contributed by atoms with E-state index in [2.05, 4.69) is 19.7 Å². The number of esters is 1. The van der Waals surface area contributed by atoms with E-state index < -0.39 is 24.0 Å². The highest BCUT2D eigenvalue weighted by Gasteiger charge is 2.42. The fourth-order valence-corrected chi connectivity index (χ4v) is 1.53. The van der Waals surface area contributed by atoms with Crippen molar-refractivity contribution in [3.8, 4) is 23.3 Å². The highest BCUT2D eigenvalue weighted by Crippen LogP contribution is 2.26. The van der Waals surface area contributed by atoms with Crippen molar-refractivity contribution >= 4 is 5.97 Å². The topological polar surface area (TPSA) is 74.2 Å². The second-order valence-electron chi connectivity index (χ2n) is 4.26. The Labute approximate surface area is 127 Å². The Balaban J connectivity index is 2.48. The smallest absolute Gasteiger partial charge is 0.481 e. The van der Waals surface area contributed by atoms with E-state index in [0.29, 0.717) is 0 Å². The molecule has 0 radical (unpaired) electrons. The van der Waals surface area contributed by atoms with Gasteiger partial charge in [0.15, 0.2) is 5.82 Å². The van der Waals surface area contributed by atoms with Crippen LogP contribution in [0.2, 0.25) is 0 Å². The Bertz CT molecular complexity index is 750. The molecule has 10 heteroatoms. The Kier molecular flexibility index (Phi) is 4.43. The third-order valence-corrected chi connectivity index (χ3v) is 2.63. The minimum Gasteiger partial charge on any atom is -0.481 e. The summed E-state index contributed by atoms with van der Waals surface area (Å²) in [6.07, 6.45) is -3.93. The van der Waals surface area contributed by atoms with Crippen LogP contribution in [0.5, 0.6) is 11.9 Å². The summed E-state index contributed by atoms with van der Waals surface area (Å²) in [5.41, 5.74) is -0.181. The van der Waals surface area contributed by atoms with Crippen molar-refractivity contribution in [1.29, 1.82) is 0 Å². The first-order valence-corrected chi connectivity index (χ1v) is 6.06. The summed E-state index contributed by atoms with van der Waals surface area (Å²) in [6, 6.07) is 1.63. The molecule has 0 saturated carbocycles. The molecule has 0 atom stereocenters. The maximum atomic E-state index is 14.1. The van der Waals surface area contributed by atoms with Crippen molar-refractivity contribution in [2.45, 2.75) is 13.1 Å². The van der Waals surface area contributed by atoms with Gasteiger partial charge in [-0.25, -0.2) is 9.18 Å². The lowest BCUT2D eigenvalue weighted by atomic mass is 10.2. The lowest BCUT2D eigenvalue weighted by Gasteiger charge is -2.09. The van der Waals surface area contributed by atoms with Crippen LogP contribution in [-0.4, -0.2) is 34.2 Å². The number of halogens is 4. The number of hydrogen-bond acceptors (Lipinski definition) is 6. The van der Waals surface area contributed by atoms with E-state index in [9.17, 15) is 22.4 Å². The van der Waals surface area contributed by atoms with Crippen LogP contribution in [0.1, 0.15) is 5.56 Å². The second-order valence-corrected chi connectivity index (χ2v) is 4.26. The minimum absolute atomic E-state index is 0.192. The van der Waals surface area contributed by atoms with Crippen LogP contribution in [-0.2, 0) is 4.79 Å². The molecule has 0 bridgehead atoms. The number of ether oxygens (including phenoxy) is 2. The lowest BCUT2D eigenvalue weighted by Crippen LogP contribution is -2.28. The van der Waals surface area contributed by atoms with Gasteiger partial charge in [0.2, 0.25) is 5.88 Å². The fraction of sp³-hybridized carbons (Fsp3) is 0.231. The normalized spacial score (nSPS) is 11.2. The summed E-state index contributed by atoms with van der Waals surface area (Å²) < 4.78 is 59.5. The molecule has 23 heavy (non-hydrogen) atoms. The maximum Gasteiger partial charge on any atom is 0.491 e. The molecular formula is C13H9F4N3O3. The van der Waals surface area contributed by atoms with Gasteiger partial charge in [-0.15, -0.1) is 0 Å². The molecule has 2 heterocycles. The molecule has 2 aromatic heterocycles. The zero-order valence-corrected chi connectivity index (χ0v) is 11.8. The number of nitrogens with zero attached hydrogens (tertiary/aromatic N) is 3. The van der Waals surface area contributed by atoms with E-state index in [1.54, 1.807) is 0 Å². The van der Waals surface area contributed by atoms with Crippen LogP contribution in [0.3, 0.4) is 0 Å². The zero-order chi connectivity index (χ0) is 17.2. The molecular weight excluding hydrogens is 322 g/mol. The van der Waals surface area contributed by atoms with Crippen LogP contribution in [0.4, 0.5) is 17.6 Å². The van der Waals surface area contributed by atoms with Crippen molar-refractivity contribution in [1.82, 2.24) is 15.0 Å². The number of methoxy groups -OCH3 is 1. The molecule has 0 saturated heterocycles. The average molecular weight is 331 g/mol. The lowest BCUT2D eigenvalue weighted by molar-refractivity contribution is -0.190. The first-order chi connectivity index (χ1) is 10.7. The number of hydrogen-bond donors (Lipinski definition) is 0. The number of carbonyl (C=O) groups excluding carboxylic acids is 1. The maximum absolute atomic E-state index is 14.1. The Morgan fingerprint density at radius 3 is 2.57 bits per heavy atom. The van der Waals surface area contributed by atoms with E-state index in [-0.39, 0.29) is 22.8 Å². The van der Waals surface area contributed by atoms with Crippen molar-refractivity contribution < 1.29 is 31.8 Å². The van der Waals surface area contributed by atoms with Crippen molar-refractivity contribution in [2.24, 2.45) is 0 Å². The first kappa shape index (κ1) is 16.6. The molecule has 0 aliphatic rings. The molecule has 0 amide bonds. The highest BCUT2D eigenvalue weighted by atomic mass is 19.4. The number of rotatable bonds is 3. The number of alkyl halides is 3. The van der Waals surface area contributed by atoms with Gasteiger partial charge in [0, 0.05) is 12.3 Å². The summed E-state index contributed by atoms with van der Waals surface area (Å²) in [4.78, 5) is 21.6. The minimum atomic E-state index is -5.22. The quantitative estimate of drug-likeness (QED) is 0.635. The van der Waals surface area contributed by atoms with Crippen molar-refractivity contribution in [3.05, 3.63) is 29.7 Å². The molecule has 2 aromatic rings. The van der Waals surface area contributed by atoms with Gasteiger partial charge >= 0.3 is 18.2 Å². The van der Waals surface area contributed by atoms with Gasteiger partial charge in [-0.05, 0) is 18.6 Å². The number of pyridine rings is 1. The molecule has 0 spiro atoms. The molecule has 122 valence electrons. The molecule has 0 aliphatic heterocycles. The predicted octanol–water partition coefficient (Wildman–Crippen LogP) is 2.46. The summed E-state index contributed by atoms with van der Waals surface area (Å²) in [5.74, 6) is -3.45. The molecule has 0 aliphatic carbocycles. The molecule has 0 N–H and O–H groups in total. The van der Waals surface area contributed by atoms with E-state index in [1.165, 1.54) is 26.3 Å². The number of aromatic nitrogens is 3. The first-order valence-electron chi connectivity index (χ1n) is 6.06. The van der Waals surface area contributed by atoms with E-state index in [1.807, 2.05) is 0 Å². The van der Waals surface area contributed by atoms with Gasteiger partial charge < -0.3 is 9.47 Å². The number of aryl methyl sites for hydroxylation is 1. The van der Waals surface area contributed by atoms with Crippen molar-refractivity contribution in [3.63, 3.8) is 0 Å². The van der Waals surface area contributed by atoms with E-state index >= 15 is 0 Å². The van der Waals surface area contributed by atoms with Gasteiger partial charge in [-0.1, -0.05) is 0 Å². The van der Waals surface area contributed by atoms with Crippen LogP contribution < -0.4 is 9.47 Å². The van der Waals surface area contributed by atoms with Gasteiger partial charge in [0.1, 0.15) is 11.4 Å². The SMILES string of the molecule is COc1cc(-c2nccc(C)c2F)nc(OC(=O)C(F)(F)F)n1. The molecule has 2 rings (SSSR count). The molecule has 6 nitrogen and oxygen atoms in total. The average Bonchev–Trinajstić information content (AvgIpc) is 2.48. The Hall–Kier alpha value is -2.78. The highest BCUT2D eigenvalue weighted by molar-refractivity contribution is 5.77. The monoisotopic (exact) mass is 331 g/mol. The third kappa shape index (κ3) is 3.71. The summed E-state index contributed by atoms with van der Waals surface area (Å²) in [6.45, 7) is 1.48. The Morgan fingerprint density at radius 2 is 1.96 bits per heavy atom. The van der Waals surface area contributed by atoms with E-state index in [0.717, 1.165) is 6.07 Å². The zero-order valence-electron chi connectivity index (χ0n) is 11.8. The van der Waals surface area contributed by atoms with Crippen LogP contribution in [0.25, 0.3) is 11.4 Å². The molecule has 0 aromatic carbocycles. The van der Waals surface area contributed by atoms with Crippen LogP contribution in [0.15, 0.2) is 18.3 Å². The van der Waals surface area contributed by atoms with Gasteiger partial charge in [-0.3, -0.25) is 4.98 Å². The third-order valence-electron chi connectivity index (χ3n) is 2.63. The fourth-order valence-electron chi connectivity index (χ4n) is 1.53. The van der Waals surface area contributed by atoms with Gasteiger partial charge in [0.25, 0.3) is 0 Å². The molecule has 0 unspecified atom stereocenters. The van der Waals surface area contributed by atoms with Crippen molar-refractivity contribution in [2.75, 3.05) is 7.11 Å². The van der Waals surface area contributed by atoms with E-state index in [4.69, 9.17) is 4.74 Å². The molecule has 0 fully saturated rings. The Morgan fingerprint density at radius 1 is 1.26 bits per heavy atom. The predicted molar refractivity (Wildman–Crippen MR) is 68.2 cm³/mol. The van der Waals surface area contributed by atoms with Gasteiger partial charge in [-0.2, -0.15) is 23.1 Å². The van der Waals surface area contributed by atoms with Crippen LogP contribution in [0, 0.1) is 12.7 Å². The summed E-state index contributed by atoms with van der Waals surface area (Å²) >= 11 is 0. The largest absolute Gasteiger partial charge is 0.491 e. The summed E-state index contributed by atoms with van der Waals surface area (Å²) in [5, 5.41) is 0.